The van der Waals surface area contributed by atoms with Crippen molar-refractivity contribution in [2.45, 2.75) is 26.3 Å². The first-order chi connectivity index (χ1) is 12.5. The van der Waals surface area contributed by atoms with E-state index in [1.54, 1.807) is 24.3 Å². The molecular weight excluding hydrogens is 335 g/mol. The van der Waals surface area contributed by atoms with Crippen molar-refractivity contribution in [1.82, 2.24) is 10.6 Å². The van der Waals surface area contributed by atoms with Gasteiger partial charge in [-0.05, 0) is 42.3 Å². The molecule has 26 heavy (non-hydrogen) atoms. The van der Waals surface area contributed by atoms with Gasteiger partial charge in [-0.25, -0.2) is 4.39 Å². The third-order valence-electron chi connectivity index (χ3n) is 3.89. The summed E-state index contributed by atoms with van der Waals surface area (Å²) in [5.41, 5.74) is 1.54. The number of rotatable bonds is 8. The predicted octanol–water partition coefficient (Wildman–Crippen LogP) is 3.29. The smallest absolute Gasteiger partial charge is 0.255 e. The molecule has 0 radical (unpaired) electrons. The number of unbranched alkanes of at least 4 members (excludes halogenated alkanes) is 1. The average molecular weight is 358 g/mol. The summed E-state index contributed by atoms with van der Waals surface area (Å²) in [6, 6.07) is 10.8. The van der Waals surface area contributed by atoms with E-state index in [0.717, 1.165) is 24.5 Å². The summed E-state index contributed by atoms with van der Waals surface area (Å²) < 4.78 is 18.4. The van der Waals surface area contributed by atoms with Gasteiger partial charge >= 0.3 is 0 Å². The lowest BCUT2D eigenvalue weighted by Gasteiger charge is -2.10. The fourth-order valence-electron chi connectivity index (χ4n) is 2.39. The predicted molar refractivity (Wildman–Crippen MR) is 97.8 cm³/mol. The van der Waals surface area contributed by atoms with Crippen molar-refractivity contribution >= 4 is 11.8 Å². The van der Waals surface area contributed by atoms with E-state index in [2.05, 4.69) is 17.6 Å². The molecule has 138 valence electrons. The van der Waals surface area contributed by atoms with E-state index in [4.69, 9.17) is 4.74 Å². The number of nitrogens with one attached hydrogen (secondary N) is 2. The van der Waals surface area contributed by atoms with E-state index in [0.29, 0.717) is 17.9 Å². The Morgan fingerprint density at radius 3 is 2.42 bits per heavy atom. The van der Waals surface area contributed by atoms with Crippen LogP contribution in [0.2, 0.25) is 0 Å². The number of amides is 2. The number of hydrogen-bond donors (Lipinski definition) is 2. The van der Waals surface area contributed by atoms with Gasteiger partial charge in [0.05, 0.1) is 12.7 Å². The van der Waals surface area contributed by atoms with Crippen LogP contribution in [-0.2, 0) is 6.54 Å². The zero-order valence-corrected chi connectivity index (χ0v) is 15.0. The highest BCUT2D eigenvalue weighted by Gasteiger charge is 2.13. The molecule has 2 aromatic carbocycles. The van der Waals surface area contributed by atoms with Gasteiger partial charge in [-0.1, -0.05) is 25.5 Å². The molecule has 0 aliphatic carbocycles. The molecule has 0 heterocycles. The Hall–Kier alpha value is -2.89. The molecule has 2 aromatic rings. The van der Waals surface area contributed by atoms with Crippen LogP contribution in [-0.4, -0.2) is 25.5 Å². The first kappa shape index (κ1) is 19.4. The van der Waals surface area contributed by atoms with E-state index < -0.39 is 11.7 Å². The molecular formula is C20H23FN2O3. The SMILES string of the molecule is CCCCNC(=O)c1ccc(CNC(=O)c2cc(F)ccc2OC)cc1. The number of hydrogen-bond acceptors (Lipinski definition) is 3. The number of carbonyl (C=O) groups is 2. The van der Waals surface area contributed by atoms with Gasteiger partial charge in [0.1, 0.15) is 11.6 Å². The highest BCUT2D eigenvalue weighted by Crippen LogP contribution is 2.19. The van der Waals surface area contributed by atoms with Crippen molar-refractivity contribution in [2.24, 2.45) is 0 Å². The van der Waals surface area contributed by atoms with Crippen LogP contribution >= 0.6 is 0 Å². The molecule has 2 amide bonds. The molecule has 0 aromatic heterocycles. The lowest BCUT2D eigenvalue weighted by atomic mass is 10.1. The molecule has 0 bridgehead atoms. The van der Waals surface area contributed by atoms with Crippen LogP contribution in [0.1, 0.15) is 46.0 Å². The van der Waals surface area contributed by atoms with Gasteiger partial charge in [0.15, 0.2) is 0 Å². The summed E-state index contributed by atoms with van der Waals surface area (Å²) in [6.07, 6.45) is 1.97. The maximum atomic E-state index is 13.4. The molecule has 0 atom stereocenters. The van der Waals surface area contributed by atoms with E-state index in [-0.39, 0.29) is 18.0 Å². The molecule has 0 spiro atoms. The number of benzene rings is 2. The average Bonchev–Trinajstić information content (AvgIpc) is 2.66. The van der Waals surface area contributed by atoms with Crippen LogP contribution in [0.15, 0.2) is 42.5 Å². The highest BCUT2D eigenvalue weighted by molar-refractivity contribution is 5.97. The molecule has 6 heteroatoms. The Morgan fingerprint density at radius 2 is 1.77 bits per heavy atom. The third-order valence-corrected chi connectivity index (χ3v) is 3.89. The second-order valence-corrected chi connectivity index (χ2v) is 5.83. The van der Waals surface area contributed by atoms with Crippen LogP contribution in [0.5, 0.6) is 5.75 Å². The van der Waals surface area contributed by atoms with Gasteiger partial charge in [-0.2, -0.15) is 0 Å². The van der Waals surface area contributed by atoms with Crippen molar-refractivity contribution in [3.05, 3.63) is 65.0 Å². The zero-order valence-electron chi connectivity index (χ0n) is 15.0. The normalized spacial score (nSPS) is 10.3. The van der Waals surface area contributed by atoms with Gasteiger partial charge in [-0.3, -0.25) is 9.59 Å². The van der Waals surface area contributed by atoms with Crippen LogP contribution < -0.4 is 15.4 Å². The van der Waals surface area contributed by atoms with Crippen LogP contribution in [0.25, 0.3) is 0 Å². The largest absolute Gasteiger partial charge is 0.496 e. The van der Waals surface area contributed by atoms with Gasteiger partial charge in [0.25, 0.3) is 11.8 Å². The lowest BCUT2D eigenvalue weighted by Crippen LogP contribution is -2.25. The summed E-state index contributed by atoms with van der Waals surface area (Å²) in [7, 11) is 1.42. The standard InChI is InChI=1S/C20H23FN2O3/c1-3-4-11-22-19(24)15-7-5-14(6-8-15)13-23-20(25)17-12-16(21)9-10-18(17)26-2/h5-10,12H,3-4,11,13H2,1-2H3,(H,22,24)(H,23,25). The molecule has 0 saturated heterocycles. The number of halogens is 1. The molecule has 5 nitrogen and oxygen atoms in total. The number of ether oxygens (including phenoxy) is 1. The Morgan fingerprint density at radius 1 is 1.04 bits per heavy atom. The van der Waals surface area contributed by atoms with E-state index in [1.165, 1.54) is 19.2 Å². The summed E-state index contributed by atoms with van der Waals surface area (Å²) >= 11 is 0. The summed E-state index contributed by atoms with van der Waals surface area (Å²) in [6.45, 7) is 2.98. The topological polar surface area (TPSA) is 67.4 Å². The quantitative estimate of drug-likeness (QED) is 0.712. The third kappa shape index (κ3) is 5.31. The Bertz CT molecular complexity index is 760. The minimum absolute atomic E-state index is 0.112. The molecule has 2 rings (SSSR count). The van der Waals surface area contributed by atoms with Crippen LogP contribution in [0.4, 0.5) is 4.39 Å². The molecule has 0 aliphatic heterocycles. The number of methoxy groups -OCH3 is 1. The molecule has 0 unspecified atom stereocenters. The van der Waals surface area contributed by atoms with E-state index in [9.17, 15) is 14.0 Å². The van der Waals surface area contributed by atoms with Crippen LogP contribution in [0, 0.1) is 5.82 Å². The van der Waals surface area contributed by atoms with Crippen molar-refractivity contribution in [3.63, 3.8) is 0 Å². The van der Waals surface area contributed by atoms with Gasteiger partial charge in [-0.15, -0.1) is 0 Å². The summed E-state index contributed by atoms with van der Waals surface area (Å²) in [5.74, 6) is -0.737. The first-order valence-corrected chi connectivity index (χ1v) is 8.54. The lowest BCUT2D eigenvalue weighted by molar-refractivity contribution is 0.0940. The molecule has 0 aliphatic rings. The zero-order chi connectivity index (χ0) is 18.9. The van der Waals surface area contributed by atoms with Gasteiger partial charge < -0.3 is 15.4 Å². The van der Waals surface area contributed by atoms with E-state index in [1.807, 2.05) is 0 Å². The minimum atomic E-state index is -0.505. The first-order valence-electron chi connectivity index (χ1n) is 8.54. The van der Waals surface area contributed by atoms with Gasteiger partial charge in [0, 0.05) is 18.7 Å². The fraction of sp³-hybridized carbons (Fsp3) is 0.300. The molecule has 2 N–H and O–H groups in total. The summed E-state index contributed by atoms with van der Waals surface area (Å²) in [5, 5.41) is 5.57. The Labute approximate surface area is 152 Å². The van der Waals surface area contributed by atoms with Crippen molar-refractivity contribution in [3.8, 4) is 5.75 Å². The van der Waals surface area contributed by atoms with Gasteiger partial charge in [0.2, 0.25) is 0 Å². The maximum Gasteiger partial charge on any atom is 0.255 e. The molecule has 0 fully saturated rings. The molecule has 0 saturated carbocycles. The Balaban J connectivity index is 1.94. The highest BCUT2D eigenvalue weighted by atomic mass is 19.1. The second-order valence-electron chi connectivity index (χ2n) is 5.83. The summed E-state index contributed by atoms with van der Waals surface area (Å²) in [4.78, 5) is 24.2. The number of carbonyl (C=O) groups excluding carboxylic acids is 2. The maximum absolute atomic E-state index is 13.4. The second kappa shape index (κ2) is 9.56. The Kier molecular flexibility index (Phi) is 7.14. The van der Waals surface area contributed by atoms with Crippen LogP contribution in [0.3, 0.4) is 0 Å². The fourth-order valence-corrected chi connectivity index (χ4v) is 2.39. The van der Waals surface area contributed by atoms with Crippen molar-refractivity contribution in [1.29, 1.82) is 0 Å². The van der Waals surface area contributed by atoms with E-state index >= 15 is 0 Å². The van der Waals surface area contributed by atoms with Crippen molar-refractivity contribution < 1.29 is 18.7 Å². The van der Waals surface area contributed by atoms with Crippen molar-refractivity contribution in [2.75, 3.05) is 13.7 Å². The monoisotopic (exact) mass is 358 g/mol. The minimum Gasteiger partial charge on any atom is -0.496 e.